The van der Waals surface area contributed by atoms with Crippen molar-refractivity contribution < 1.29 is 9.47 Å². The van der Waals surface area contributed by atoms with Crippen LogP contribution in [-0.4, -0.2) is 30.4 Å². The maximum atomic E-state index is 6.39. The number of anilines is 1. The summed E-state index contributed by atoms with van der Waals surface area (Å²) in [5.41, 5.74) is 13.5. The summed E-state index contributed by atoms with van der Waals surface area (Å²) in [6, 6.07) is 1.50. The SMILES string of the molecule is CCOC1(C(N)c2cnccc2N)CCOCC1. The molecule has 4 N–H and O–H groups in total. The van der Waals surface area contributed by atoms with Gasteiger partial charge in [0.25, 0.3) is 0 Å². The predicted molar refractivity (Wildman–Crippen MR) is 70.0 cm³/mol. The molecule has 2 rings (SSSR count). The fourth-order valence-electron chi connectivity index (χ4n) is 2.51. The normalized spacial score (nSPS) is 20.6. The van der Waals surface area contributed by atoms with Crippen LogP contribution in [0.1, 0.15) is 31.4 Å². The number of aromatic nitrogens is 1. The minimum atomic E-state index is -0.385. The molecule has 1 aromatic heterocycles. The molecule has 18 heavy (non-hydrogen) atoms. The third kappa shape index (κ3) is 2.48. The zero-order valence-corrected chi connectivity index (χ0v) is 10.8. The molecule has 100 valence electrons. The van der Waals surface area contributed by atoms with Crippen molar-refractivity contribution in [1.29, 1.82) is 0 Å². The minimum Gasteiger partial charge on any atom is -0.398 e. The van der Waals surface area contributed by atoms with Gasteiger partial charge in [-0.1, -0.05) is 0 Å². The van der Waals surface area contributed by atoms with E-state index in [9.17, 15) is 0 Å². The van der Waals surface area contributed by atoms with Gasteiger partial charge in [-0.05, 0) is 13.0 Å². The van der Waals surface area contributed by atoms with Crippen LogP contribution in [0.25, 0.3) is 0 Å². The first kappa shape index (κ1) is 13.3. The lowest BCUT2D eigenvalue weighted by atomic mass is 9.82. The summed E-state index contributed by atoms with van der Waals surface area (Å²) in [5, 5.41) is 0. The first-order valence-corrected chi connectivity index (χ1v) is 6.36. The van der Waals surface area contributed by atoms with E-state index in [1.54, 1.807) is 18.5 Å². The average molecular weight is 251 g/mol. The molecule has 1 aliphatic heterocycles. The maximum Gasteiger partial charge on any atom is 0.0919 e. The standard InChI is InChI=1S/C13H21N3O2/c1-2-18-13(4-7-17-8-5-13)12(15)10-9-16-6-3-11(10)14/h3,6,9,12H,2,4-5,7-8,15H2,1H3,(H2,14,16). The lowest BCUT2D eigenvalue weighted by Crippen LogP contribution is -2.48. The fourth-order valence-corrected chi connectivity index (χ4v) is 2.51. The van der Waals surface area contributed by atoms with Gasteiger partial charge in [0, 0.05) is 56.3 Å². The molecule has 1 aromatic rings. The second kappa shape index (κ2) is 5.65. The van der Waals surface area contributed by atoms with Crippen molar-refractivity contribution in [3.63, 3.8) is 0 Å². The number of hydrogen-bond donors (Lipinski definition) is 2. The Morgan fingerprint density at radius 2 is 2.22 bits per heavy atom. The molecule has 5 nitrogen and oxygen atoms in total. The van der Waals surface area contributed by atoms with Crippen molar-refractivity contribution in [2.45, 2.75) is 31.4 Å². The second-order valence-electron chi connectivity index (χ2n) is 4.59. The van der Waals surface area contributed by atoms with Gasteiger partial charge in [0.15, 0.2) is 0 Å². The van der Waals surface area contributed by atoms with Crippen LogP contribution in [0.3, 0.4) is 0 Å². The van der Waals surface area contributed by atoms with Crippen LogP contribution in [0.5, 0.6) is 0 Å². The van der Waals surface area contributed by atoms with Crippen LogP contribution >= 0.6 is 0 Å². The van der Waals surface area contributed by atoms with E-state index in [0.717, 1.165) is 18.4 Å². The molecular weight excluding hydrogens is 230 g/mol. The average Bonchev–Trinajstić information content (AvgIpc) is 2.40. The van der Waals surface area contributed by atoms with Gasteiger partial charge in [0.05, 0.1) is 11.6 Å². The molecule has 1 fully saturated rings. The smallest absolute Gasteiger partial charge is 0.0919 e. The number of rotatable bonds is 4. The lowest BCUT2D eigenvalue weighted by Gasteiger charge is -2.41. The number of nitrogen functional groups attached to an aromatic ring is 1. The van der Waals surface area contributed by atoms with E-state index in [1.807, 2.05) is 6.92 Å². The first-order chi connectivity index (χ1) is 8.69. The highest BCUT2D eigenvalue weighted by Gasteiger charge is 2.40. The molecule has 0 saturated carbocycles. The van der Waals surface area contributed by atoms with Gasteiger partial charge in [-0.15, -0.1) is 0 Å². The fraction of sp³-hybridized carbons (Fsp3) is 0.615. The molecule has 5 heteroatoms. The summed E-state index contributed by atoms with van der Waals surface area (Å²) in [7, 11) is 0. The Balaban J connectivity index is 2.28. The summed E-state index contributed by atoms with van der Waals surface area (Å²) < 4.78 is 11.4. The van der Waals surface area contributed by atoms with Crippen molar-refractivity contribution in [3.05, 3.63) is 24.0 Å². The van der Waals surface area contributed by atoms with E-state index in [1.165, 1.54) is 0 Å². The third-order valence-corrected chi connectivity index (χ3v) is 3.56. The summed E-state index contributed by atoms with van der Waals surface area (Å²) in [6.45, 7) is 3.96. The topological polar surface area (TPSA) is 83.4 Å². The number of ether oxygens (including phenoxy) is 2. The largest absolute Gasteiger partial charge is 0.398 e. The quantitative estimate of drug-likeness (QED) is 0.841. The molecule has 0 amide bonds. The van der Waals surface area contributed by atoms with Crippen molar-refractivity contribution >= 4 is 5.69 Å². The van der Waals surface area contributed by atoms with E-state index in [-0.39, 0.29) is 11.6 Å². The van der Waals surface area contributed by atoms with Gasteiger partial charge in [0.2, 0.25) is 0 Å². The van der Waals surface area contributed by atoms with Gasteiger partial charge in [-0.25, -0.2) is 0 Å². The molecule has 0 aliphatic carbocycles. The first-order valence-electron chi connectivity index (χ1n) is 6.36. The van der Waals surface area contributed by atoms with Crippen molar-refractivity contribution in [1.82, 2.24) is 4.98 Å². The van der Waals surface area contributed by atoms with Gasteiger partial charge >= 0.3 is 0 Å². The van der Waals surface area contributed by atoms with Crippen molar-refractivity contribution in [2.24, 2.45) is 5.73 Å². The van der Waals surface area contributed by atoms with Crippen molar-refractivity contribution in [2.75, 3.05) is 25.6 Å². The van der Waals surface area contributed by atoms with Gasteiger partial charge in [-0.3, -0.25) is 4.98 Å². The number of pyridine rings is 1. The Labute approximate surface area is 107 Å². The van der Waals surface area contributed by atoms with Crippen LogP contribution < -0.4 is 11.5 Å². The molecule has 0 aromatic carbocycles. The summed E-state index contributed by atoms with van der Waals surface area (Å²) in [4.78, 5) is 4.11. The van der Waals surface area contributed by atoms with E-state index in [0.29, 0.717) is 25.5 Å². The van der Waals surface area contributed by atoms with Crippen LogP contribution in [0.2, 0.25) is 0 Å². The highest BCUT2D eigenvalue weighted by Crippen LogP contribution is 2.37. The van der Waals surface area contributed by atoms with Crippen LogP contribution in [0.4, 0.5) is 5.69 Å². The van der Waals surface area contributed by atoms with Gasteiger partial charge in [0.1, 0.15) is 0 Å². The Morgan fingerprint density at radius 3 is 2.83 bits per heavy atom. The Kier molecular flexibility index (Phi) is 4.16. The van der Waals surface area contributed by atoms with Crippen LogP contribution in [0, 0.1) is 0 Å². The molecular formula is C13H21N3O2. The zero-order chi connectivity index (χ0) is 13.0. The van der Waals surface area contributed by atoms with E-state index >= 15 is 0 Å². The summed E-state index contributed by atoms with van der Waals surface area (Å²) in [6.07, 6.45) is 4.98. The molecule has 1 aliphatic rings. The third-order valence-electron chi connectivity index (χ3n) is 3.56. The predicted octanol–water partition coefficient (Wildman–Crippen LogP) is 1.25. The molecule has 1 saturated heterocycles. The van der Waals surface area contributed by atoms with Crippen molar-refractivity contribution in [3.8, 4) is 0 Å². The summed E-state index contributed by atoms with van der Waals surface area (Å²) in [5.74, 6) is 0. The molecule has 0 spiro atoms. The highest BCUT2D eigenvalue weighted by molar-refractivity contribution is 5.47. The molecule has 1 unspecified atom stereocenters. The van der Waals surface area contributed by atoms with Gasteiger partial charge < -0.3 is 20.9 Å². The minimum absolute atomic E-state index is 0.268. The van der Waals surface area contributed by atoms with Crippen LogP contribution in [-0.2, 0) is 9.47 Å². The molecule has 0 radical (unpaired) electrons. The number of hydrogen-bond acceptors (Lipinski definition) is 5. The number of nitrogens with two attached hydrogens (primary N) is 2. The maximum absolute atomic E-state index is 6.39. The molecule has 1 atom stereocenters. The van der Waals surface area contributed by atoms with Gasteiger partial charge in [-0.2, -0.15) is 0 Å². The molecule has 0 bridgehead atoms. The zero-order valence-electron chi connectivity index (χ0n) is 10.8. The van der Waals surface area contributed by atoms with E-state index in [2.05, 4.69) is 4.98 Å². The number of nitrogens with zero attached hydrogens (tertiary/aromatic N) is 1. The lowest BCUT2D eigenvalue weighted by molar-refractivity contribution is -0.121. The monoisotopic (exact) mass is 251 g/mol. The Bertz CT molecular complexity index is 386. The highest BCUT2D eigenvalue weighted by atomic mass is 16.5. The second-order valence-corrected chi connectivity index (χ2v) is 4.59. The van der Waals surface area contributed by atoms with E-state index < -0.39 is 0 Å². The Hall–Kier alpha value is -1.17. The van der Waals surface area contributed by atoms with E-state index in [4.69, 9.17) is 20.9 Å². The Morgan fingerprint density at radius 1 is 1.50 bits per heavy atom. The van der Waals surface area contributed by atoms with Crippen LogP contribution in [0.15, 0.2) is 18.5 Å². The molecule has 2 heterocycles. The summed E-state index contributed by atoms with van der Waals surface area (Å²) >= 11 is 0.